The number of amides is 1. The average molecular weight is 429 g/mol. The largest absolute Gasteiger partial charge is 0.368 e. The molecule has 3 aromatic rings. The standard InChI is InChI=1S/C26H25FN4O/c1-30(2)23-12-13-31(17-23)25-11-10-22(15-24(25)27)29-26(32)20-8-6-19(7-9-20)21-5-3-4-18(14-21)16-28/h3-11,14-15,23H,12-13,17H2,1-2H3,(H,29,32)/t23-/m1/s1. The van der Waals surface area contributed by atoms with Crippen molar-refractivity contribution in [1.82, 2.24) is 4.90 Å². The zero-order chi connectivity index (χ0) is 22.7. The molecule has 1 amide bonds. The third-order valence-corrected chi connectivity index (χ3v) is 5.91. The van der Waals surface area contributed by atoms with E-state index in [0.29, 0.717) is 28.5 Å². The van der Waals surface area contributed by atoms with Crippen molar-refractivity contribution in [2.75, 3.05) is 37.4 Å². The van der Waals surface area contributed by atoms with Crippen LogP contribution in [0.25, 0.3) is 11.1 Å². The minimum absolute atomic E-state index is 0.302. The van der Waals surface area contributed by atoms with Crippen molar-refractivity contribution >= 4 is 17.3 Å². The molecule has 1 N–H and O–H groups in total. The van der Waals surface area contributed by atoms with Gasteiger partial charge in [-0.3, -0.25) is 4.79 Å². The Morgan fingerprint density at radius 2 is 1.88 bits per heavy atom. The van der Waals surface area contributed by atoms with Gasteiger partial charge in [0.2, 0.25) is 0 Å². The van der Waals surface area contributed by atoms with Crippen molar-refractivity contribution < 1.29 is 9.18 Å². The Kier molecular flexibility index (Phi) is 6.20. The molecule has 1 aliphatic heterocycles. The summed E-state index contributed by atoms with van der Waals surface area (Å²) < 4.78 is 14.8. The molecule has 1 heterocycles. The Hall–Kier alpha value is -3.69. The number of nitriles is 1. The number of nitrogens with zero attached hydrogens (tertiary/aromatic N) is 3. The number of halogens is 1. The molecule has 0 spiro atoms. The Balaban J connectivity index is 1.44. The van der Waals surface area contributed by atoms with Crippen LogP contribution in [0.2, 0.25) is 0 Å². The molecule has 0 radical (unpaired) electrons. The second kappa shape index (κ2) is 9.21. The van der Waals surface area contributed by atoms with Crippen molar-refractivity contribution in [3.63, 3.8) is 0 Å². The van der Waals surface area contributed by atoms with E-state index in [-0.39, 0.29) is 11.7 Å². The van der Waals surface area contributed by atoms with Gasteiger partial charge in [-0.25, -0.2) is 4.39 Å². The van der Waals surface area contributed by atoms with E-state index in [2.05, 4.69) is 16.3 Å². The Morgan fingerprint density at radius 1 is 1.09 bits per heavy atom. The van der Waals surface area contributed by atoms with Crippen molar-refractivity contribution in [3.8, 4) is 17.2 Å². The van der Waals surface area contributed by atoms with Crippen LogP contribution in [0.3, 0.4) is 0 Å². The lowest BCUT2D eigenvalue weighted by Gasteiger charge is -2.22. The second-order valence-electron chi connectivity index (χ2n) is 8.24. The fraction of sp³-hybridized carbons (Fsp3) is 0.231. The molecule has 6 heteroatoms. The van der Waals surface area contributed by atoms with Crippen molar-refractivity contribution in [3.05, 3.63) is 83.7 Å². The van der Waals surface area contributed by atoms with E-state index < -0.39 is 0 Å². The molecule has 0 saturated carbocycles. The zero-order valence-corrected chi connectivity index (χ0v) is 18.2. The van der Waals surface area contributed by atoms with Gasteiger partial charge in [-0.15, -0.1) is 0 Å². The van der Waals surface area contributed by atoms with Gasteiger partial charge in [0.1, 0.15) is 5.82 Å². The Bertz CT molecular complexity index is 1170. The van der Waals surface area contributed by atoms with E-state index >= 15 is 0 Å². The smallest absolute Gasteiger partial charge is 0.255 e. The molecule has 1 atom stereocenters. The molecule has 5 nitrogen and oxygen atoms in total. The van der Waals surface area contributed by atoms with Gasteiger partial charge in [-0.1, -0.05) is 24.3 Å². The van der Waals surface area contributed by atoms with Gasteiger partial charge in [-0.05, 0) is 74.1 Å². The maximum atomic E-state index is 14.8. The van der Waals surface area contributed by atoms with E-state index in [0.717, 1.165) is 30.6 Å². The summed E-state index contributed by atoms with van der Waals surface area (Å²) in [6.07, 6.45) is 1.00. The van der Waals surface area contributed by atoms with Crippen molar-refractivity contribution in [2.24, 2.45) is 0 Å². The molecular formula is C26H25FN4O. The minimum atomic E-state index is -0.338. The van der Waals surface area contributed by atoms with Gasteiger partial charge in [0, 0.05) is 30.4 Å². The average Bonchev–Trinajstić information content (AvgIpc) is 3.30. The first-order valence-corrected chi connectivity index (χ1v) is 10.6. The normalized spacial score (nSPS) is 15.6. The molecule has 4 rings (SSSR count). The highest BCUT2D eigenvalue weighted by atomic mass is 19.1. The molecule has 0 aromatic heterocycles. The van der Waals surface area contributed by atoms with Crippen LogP contribution in [0.15, 0.2) is 66.7 Å². The summed E-state index contributed by atoms with van der Waals surface area (Å²) in [5.74, 6) is -0.641. The number of hydrogen-bond acceptors (Lipinski definition) is 4. The molecule has 162 valence electrons. The summed E-state index contributed by atoms with van der Waals surface area (Å²) >= 11 is 0. The van der Waals surface area contributed by atoms with Gasteiger partial charge in [0.25, 0.3) is 5.91 Å². The maximum absolute atomic E-state index is 14.8. The first-order valence-electron chi connectivity index (χ1n) is 10.6. The lowest BCUT2D eigenvalue weighted by molar-refractivity contribution is 0.102. The van der Waals surface area contributed by atoms with Gasteiger partial charge >= 0.3 is 0 Å². The first-order chi connectivity index (χ1) is 15.4. The third-order valence-electron chi connectivity index (χ3n) is 5.91. The van der Waals surface area contributed by atoms with Gasteiger partial charge < -0.3 is 15.1 Å². The molecule has 0 aliphatic carbocycles. The molecule has 1 fully saturated rings. The Labute approximate surface area is 187 Å². The summed E-state index contributed by atoms with van der Waals surface area (Å²) in [4.78, 5) is 16.9. The number of carbonyl (C=O) groups excluding carboxylic acids is 1. The van der Waals surface area contributed by atoms with E-state index in [1.807, 2.05) is 43.3 Å². The molecule has 1 saturated heterocycles. The second-order valence-corrected chi connectivity index (χ2v) is 8.24. The number of hydrogen-bond donors (Lipinski definition) is 1. The molecule has 0 bridgehead atoms. The summed E-state index contributed by atoms with van der Waals surface area (Å²) in [7, 11) is 4.08. The number of carbonyl (C=O) groups is 1. The summed E-state index contributed by atoms with van der Waals surface area (Å²) in [6.45, 7) is 1.61. The number of likely N-dealkylation sites (N-methyl/N-ethyl adjacent to an activating group) is 1. The number of benzene rings is 3. The maximum Gasteiger partial charge on any atom is 0.255 e. The third kappa shape index (κ3) is 4.63. The van der Waals surface area contributed by atoms with Gasteiger partial charge in [-0.2, -0.15) is 5.26 Å². The lowest BCUT2D eigenvalue weighted by atomic mass is 10.0. The molecule has 32 heavy (non-hydrogen) atoms. The number of anilines is 2. The van der Waals surface area contributed by atoms with Gasteiger partial charge in [0.05, 0.1) is 17.3 Å². The highest BCUT2D eigenvalue weighted by molar-refractivity contribution is 6.04. The molecule has 0 unspecified atom stereocenters. The molecule has 1 aliphatic rings. The lowest BCUT2D eigenvalue weighted by Crippen LogP contribution is -2.31. The predicted molar refractivity (Wildman–Crippen MR) is 125 cm³/mol. The monoisotopic (exact) mass is 428 g/mol. The van der Waals surface area contributed by atoms with Crippen molar-refractivity contribution in [1.29, 1.82) is 5.26 Å². The summed E-state index contributed by atoms with van der Waals surface area (Å²) in [5, 5.41) is 11.8. The Morgan fingerprint density at radius 3 is 2.53 bits per heavy atom. The van der Waals surface area contributed by atoms with E-state index in [1.165, 1.54) is 6.07 Å². The quantitative estimate of drug-likeness (QED) is 0.637. The van der Waals surface area contributed by atoms with E-state index in [4.69, 9.17) is 5.26 Å². The highest BCUT2D eigenvalue weighted by Gasteiger charge is 2.25. The van der Waals surface area contributed by atoms with Crippen LogP contribution < -0.4 is 10.2 Å². The van der Waals surface area contributed by atoms with Crippen LogP contribution in [0.1, 0.15) is 22.3 Å². The van der Waals surface area contributed by atoms with Crippen LogP contribution in [0.5, 0.6) is 0 Å². The number of nitrogens with one attached hydrogen (secondary N) is 1. The van der Waals surface area contributed by atoms with Crippen LogP contribution in [-0.4, -0.2) is 44.0 Å². The fourth-order valence-electron chi connectivity index (χ4n) is 4.01. The van der Waals surface area contributed by atoms with Crippen LogP contribution >= 0.6 is 0 Å². The van der Waals surface area contributed by atoms with E-state index in [9.17, 15) is 9.18 Å². The number of rotatable bonds is 5. The summed E-state index contributed by atoms with van der Waals surface area (Å²) in [5.41, 5.74) is 3.87. The SMILES string of the molecule is CN(C)[C@@H]1CCN(c2ccc(NC(=O)c3ccc(-c4cccc(C#N)c4)cc3)cc2F)C1. The molecule has 3 aromatic carbocycles. The van der Waals surface area contributed by atoms with Crippen LogP contribution in [0, 0.1) is 17.1 Å². The molecular weight excluding hydrogens is 403 g/mol. The summed E-state index contributed by atoms with van der Waals surface area (Å²) in [6, 6.07) is 21.8. The minimum Gasteiger partial charge on any atom is -0.368 e. The van der Waals surface area contributed by atoms with E-state index in [1.54, 1.807) is 36.4 Å². The first kappa shape index (κ1) is 21.5. The highest BCUT2D eigenvalue weighted by Crippen LogP contribution is 2.28. The fourth-order valence-corrected chi connectivity index (χ4v) is 4.01. The predicted octanol–water partition coefficient (Wildman–Crippen LogP) is 4.76. The topological polar surface area (TPSA) is 59.4 Å². The van der Waals surface area contributed by atoms with Crippen LogP contribution in [-0.2, 0) is 0 Å². The van der Waals surface area contributed by atoms with Crippen LogP contribution in [0.4, 0.5) is 15.8 Å². The zero-order valence-electron chi connectivity index (χ0n) is 18.2. The van der Waals surface area contributed by atoms with Gasteiger partial charge in [0.15, 0.2) is 0 Å². The van der Waals surface area contributed by atoms with Crippen molar-refractivity contribution in [2.45, 2.75) is 12.5 Å².